The van der Waals surface area contributed by atoms with E-state index >= 15 is 0 Å². The minimum absolute atomic E-state index is 0.127. The first-order valence-corrected chi connectivity index (χ1v) is 10.2. The van der Waals surface area contributed by atoms with Crippen LogP contribution in [0.5, 0.6) is 5.75 Å². The molecule has 3 rings (SSSR count). The summed E-state index contributed by atoms with van der Waals surface area (Å²) >= 11 is 0. The van der Waals surface area contributed by atoms with Gasteiger partial charge in [-0.05, 0) is 31.0 Å². The zero-order valence-corrected chi connectivity index (χ0v) is 17.5. The monoisotopic (exact) mass is 411 g/mol. The second kappa shape index (κ2) is 9.73. The fourth-order valence-corrected chi connectivity index (χ4v) is 3.47. The largest absolute Gasteiger partial charge is 0.478 e. The molecule has 0 fully saturated rings. The Bertz CT molecular complexity index is 971. The van der Waals surface area contributed by atoms with Gasteiger partial charge in [-0.25, -0.2) is 4.79 Å². The normalized spacial score (nSPS) is 14.6. The molecule has 0 amide bonds. The molecular weight excluding hydrogens is 382 g/mol. The van der Waals surface area contributed by atoms with E-state index in [2.05, 4.69) is 22.2 Å². The highest BCUT2D eigenvalue weighted by Gasteiger charge is 2.24. The van der Waals surface area contributed by atoms with Crippen LogP contribution in [0.15, 0.2) is 48.9 Å². The standard InChI is InChI=1S/C23H29N3O4/c1-14(2)22(23(28)29)30-20-8-4-7-18-17(12-26-21(18)20)10-15(3)25-13-19(27)16-6-5-9-24-11-16/h4-9,11-12,14-15,19,22,25-27H,10,13H2,1-3H3,(H,28,29)/t15-,19-,22-/m1/s1. The molecule has 3 atom stereocenters. The fraction of sp³-hybridized carbons (Fsp3) is 0.391. The van der Waals surface area contributed by atoms with Crippen molar-refractivity contribution in [2.24, 2.45) is 5.92 Å². The van der Waals surface area contributed by atoms with Gasteiger partial charge < -0.3 is 25.3 Å². The molecule has 4 N–H and O–H groups in total. The number of fused-ring (bicyclic) bond motifs is 1. The van der Waals surface area contributed by atoms with Crippen molar-refractivity contribution >= 4 is 16.9 Å². The number of nitrogens with zero attached hydrogens (tertiary/aromatic N) is 1. The van der Waals surface area contributed by atoms with E-state index < -0.39 is 18.2 Å². The van der Waals surface area contributed by atoms with Gasteiger partial charge in [-0.15, -0.1) is 0 Å². The number of rotatable bonds is 10. The van der Waals surface area contributed by atoms with Gasteiger partial charge in [-0.1, -0.05) is 32.0 Å². The second-order valence-electron chi connectivity index (χ2n) is 7.93. The molecule has 0 saturated heterocycles. The van der Waals surface area contributed by atoms with Crippen LogP contribution in [0.2, 0.25) is 0 Å². The van der Waals surface area contributed by atoms with Crippen LogP contribution < -0.4 is 10.1 Å². The first-order valence-electron chi connectivity index (χ1n) is 10.2. The molecule has 0 radical (unpaired) electrons. The molecule has 0 saturated carbocycles. The highest BCUT2D eigenvalue weighted by Crippen LogP contribution is 2.29. The number of para-hydroxylation sites is 1. The van der Waals surface area contributed by atoms with E-state index in [0.717, 1.165) is 28.5 Å². The van der Waals surface area contributed by atoms with E-state index in [1.54, 1.807) is 18.5 Å². The summed E-state index contributed by atoms with van der Waals surface area (Å²) < 4.78 is 5.81. The predicted molar refractivity (Wildman–Crippen MR) is 116 cm³/mol. The zero-order chi connectivity index (χ0) is 21.7. The molecule has 0 aliphatic heterocycles. The summed E-state index contributed by atoms with van der Waals surface area (Å²) in [5, 5.41) is 24.1. The van der Waals surface area contributed by atoms with E-state index in [1.807, 2.05) is 44.3 Å². The number of aliphatic hydroxyl groups excluding tert-OH is 1. The first kappa shape index (κ1) is 21.8. The maximum atomic E-state index is 11.5. The Kier molecular flexibility index (Phi) is 7.07. The molecule has 7 heteroatoms. The minimum atomic E-state index is -0.973. The minimum Gasteiger partial charge on any atom is -0.478 e. The van der Waals surface area contributed by atoms with Crippen LogP contribution >= 0.6 is 0 Å². The average molecular weight is 412 g/mol. The maximum Gasteiger partial charge on any atom is 0.345 e. The molecule has 0 aliphatic rings. The summed E-state index contributed by atoms with van der Waals surface area (Å²) in [5.74, 6) is -0.589. The number of hydrogen-bond donors (Lipinski definition) is 4. The Morgan fingerprint density at radius 1 is 1.23 bits per heavy atom. The smallest absolute Gasteiger partial charge is 0.345 e. The van der Waals surface area contributed by atoms with Gasteiger partial charge in [0.05, 0.1) is 11.6 Å². The van der Waals surface area contributed by atoms with Crippen molar-refractivity contribution < 1.29 is 19.7 Å². The molecule has 0 aliphatic carbocycles. The number of carboxylic acid groups (broad SMARTS) is 1. The Morgan fingerprint density at radius 3 is 2.70 bits per heavy atom. The van der Waals surface area contributed by atoms with Crippen molar-refractivity contribution in [2.75, 3.05) is 6.54 Å². The lowest BCUT2D eigenvalue weighted by atomic mass is 10.0. The summed E-state index contributed by atoms with van der Waals surface area (Å²) in [6, 6.07) is 9.44. The van der Waals surface area contributed by atoms with Gasteiger partial charge in [0.2, 0.25) is 0 Å². The van der Waals surface area contributed by atoms with E-state index in [9.17, 15) is 15.0 Å². The van der Waals surface area contributed by atoms with Gasteiger partial charge in [0.25, 0.3) is 0 Å². The number of aromatic amines is 1. The Labute approximate surface area is 176 Å². The highest BCUT2D eigenvalue weighted by atomic mass is 16.5. The lowest BCUT2D eigenvalue weighted by Gasteiger charge is -2.19. The third-order valence-electron chi connectivity index (χ3n) is 5.12. The lowest BCUT2D eigenvalue weighted by molar-refractivity contribution is -0.147. The summed E-state index contributed by atoms with van der Waals surface area (Å²) in [6.45, 7) is 6.14. The molecule has 2 aromatic heterocycles. The molecule has 0 bridgehead atoms. The van der Waals surface area contributed by atoms with Gasteiger partial charge in [0.1, 0.15) is 5.75 Å². The number of carboxylic acids is 1. The van der Waals surface area contributed by atoms with Gasteiger partial charge in [-0.3, -0.25) is 4.98 Å². The van der Waals surface area contributed by atoms with Crippen molar-refractivity contribution in [1.29, 1.82) is 0 Å². The van der Waals surface area contributed by atoms with Crippen molar-refractivity contribution in [1.82, 2.24) is 15.3 Å². The zero-order valence-electron chi connectivity index (χ0n) is 17.5. The number of H-pyrrole nitrogens is 1. The van der Waals surface area contributed by atoms with E-state index in [4.69, 9.17) is 4.74 Å². The van der Waals surface area contributed by atoms with Gasteiger partial charge in [-0.2, -0.15) is 0 Å². The van der Waals surface area contributed by atoms with E-state index in [1.165, 1.54) is 0 Å². The molecule has 0 spiro atoms. The van der Waals surface area contributed by atoms with Crippen LogP contribution in [0.25, 0.3) is 10.9 Å². The van der Waals surface area contributed by atoms with Crippen molar-refractivity contribution in [3.63, 3.8) is 0 Å². The van der Waals surface area contributed by atoms with Crippen LogP contribution in [-0.4, -0.2) is 44.8 Å². The molecule has 3 aromatic rings. The number of nitrogens with one attached hydrogen (secondary N) is 2. The maximum absolute atomic E-state index is 11.5. The Hall–Kier alpha value is -2.90. The highest BCUT2D eigenvalue weighted by molar-refractivity contribution is 5.88. The van der Waals surface area contributed by atoms with E-state index in [0.29, 0.717) is 12.3 Å². The predicted octanol–water partition coefficient (Wildman–Crippen LogP) is 3.31. The van der Waals surface area contributed by atoms with Crippen LogP contribution in [0.3, 0.4) is 0 Å². The molecule has 2 heterocycles. The Morgan fingerprint density at radius 2 is 2.03 bits per heavy atom. The number of ether oxygens (including phenoxy) is 1. The summed E-state index contributed by atoms with van der Waals surface area (Å²) in [6.07, 6.45) is 4.50. The quantitative estimate of drug-likeness (QED) is 0.408. The average Bonchev–Trinajstić information content (AvgIpc) is 3.13. The van der Waals surface area contributed by atoms with Crippen LogP contribution in [-0.2, 0) is 11.2 Å². The van der Waals surface area contributed by atoms with Crippen molar-refractivity contribution in [2.45, 2.75) is 45.4 Å². The molecule has 1 aromatic carbocycles. The number of hydrogen-bond acceptors (Lipinski definition) is 5. The van der Waals surface area contributed by atoms with Crippen LogP contribution in [0, 0.1) is 5.92 Å². The third-order valence-corrected chi connectivity index (χ3v) is 5.12. The molecule has 7 nitrogen and oxygen atoms in total. The van der Waals surface area contributed by atoms with Gasteiger partial charge in [0, 0.05) is 48.0 Å². The molecule has 30 heavy (non-hydrogen) atoms. The van der Waals surface area contributed by atoms with Crippen LogP contribution in [0.4, 0.5) is 0 Å². The molecule has 160 valence electrons. The summed E-state index contributed by atoms with van der Waals surface area (Å²) in [5.41, 5.74) is 2.67. The molecule has 0 unspecified atom stereocenters. The number of benzene rings is 1. The fourth-order valence-electron chi connectivity index (χ4n) is 3.47. The van der Waals surface area contributed by atoms with Crippen molar-refractivity contribution in [3.8, 4) is 5.75 Å². The number of aliphatic carboxylic acids is 1. The van der Waals surface area contributed by atoms with E-state index in [-0.39, 0.29) is 12.0 Å². The lowest BCUT2D eigenvalue weighted by Crippen LogP contribution is -2.32. The topological polar surface area (TPSA) is 107 Å². The third kappa shape index (κ3) is 5.17. The number of aliphatic hydroxyl groups is 1. The number of carbonyl (C=O) groups is 1. The van der Waals surface area contributed by atoms with Crippen LogP contribution in [0.1, 0.15) is 38.0 Å². The van der Waals surface area contributed by atoms with Gasteiger partial charge in [0.15, 0.2) is 6.10 Å². The Balaban J connectivity index is 1.67. The SMILES string of the molecule is CC(C)[C@@H](Oc1cccc2c(C[C@@H](C)NC[C@@H](O)c3cccnc3)c[nH]c12)C(=O)O. The summed E-state index contributed by atoms with van der Waals surface area (Å²) in [4.78, 5) is 18.8. The number of pyridine rings is 1. The second-order valence-corrected chi connectivity index (χ2v) is 7.93. The summed E-state index contributed by atoms with van der Waals surface area (Å²) in [7, 11) is 0. The van der Waals surface area contributed by atoms with Crippen molar-refractivity contribution in [3.05, 3.63) is 60.0 Å². The van der Waals surface area contributed by atoms with Gasteiger partial charge >= 0.3 is 5.97 Å². The number of aromatic nitrogens is 2. The first-order chi connectivity index (χ1) is 14.4. The molecular formula is C23H29N3O4.